The van der Waals surface area contributed by atoms with Crippen LogP contribution in [0.3, 0.4) is 0 Å². The molecule has 1 aromatic rings. The van der Waals surface area contributed by atoms with Crippen molar-refractivity contribution < 1.29 is 19.7 Å². The zero-order chi connectivity index (χ0) is 11.8. The van der Waals surface area contributed by atoms with Crippen LogP contribution in [-0.2, 0) is 10.2 Å². The molecule has 16 heavy (non-hydrogen) atoms. The number of aliphatic hydroxyl groups excluding tert-OH is 1. The van der Waals surface area contributed by atoms with Crippen molar-refractivity contribution in [2.45, 2.75) is 24.4 Å². The van der Waals surface area contributed by atoms with Gasteiger partial charge < -0.3 is 14.9 Å². The maximum absolute atomic E-state index is 11.4. The molecule has 0 unspecified atom stereocenters. The number of carboxylic acid groups (broad SMARTS) is 1. The molecule has 1 aromatic carbocycles. The first-order valence-corrected chi connectivity index (χ1v) is 5.15. The molecule has 0 spiro atoms. The molecule has 4 heteroatoms. The Morgan fingerprint density at radius 1 is 1.44 bits per heavy atom. The van der Waals surface area contributed by atoms with Gasteiger partial charge in [-0.05, 0) is 18.9 Å². The molecule has 0 bridgehead atoms. The molecule has 86 valence electrons. The van der Waals surface area contributed by atoms with Crippen molar-refractivity contribution in [1.29, 1.82) is 0 Å². The van der Waals surface area contributed by atoms with Crippen molar-refractivity contribution in [3.63, 3.8) is 0 Å². The molecule has 1 aliphatic rings. The van der Waals surface area contributed by atoms with E-state index in [-0.39, 0.29) is 12.8 Å². The zero-order valence-corrected chi connectivity index (χ0v) is 9.01. The van der Waals surface area contributed by atoms with Crippen LogP contribution in [0.25, 0.3) is 0 Å². The van der Waals surface area contributed by atoms with Crippen LogP contribution in [0, 0.1) is 0 Å². The number of ether oxygens (including phenoxy) is 1. The highest BCUT2D eigenvalue weighted by Gasteiger charge is 2.52. The lowest BCUT2D eigenvalue weighted by atomic mass is 9.62. The van der Waals surface area contributed by atoms with Gasteiger partial charge in [0.1, 0.15) is 11.2 Å². The summed E-state index contributed by atoms with van der Waals surface area (Å²) < 4.78 is 5.17. The van der Waals surface area contributed by atoms with Crippen LogP contribution in [-0.4, -0.2) is 29.4 Å². The lowest BCUT2D eigenvalue weighted by molar-refractivity contribution is -0.153. The highest BCUT2D eigenvalue weighted by molar-refractivity contribution is 5.84. The molecule has 0 aliphatic heterocycles. The summed E-state index contributed by atoms with van der Waals surface area (Å²) in [5.74, 6) is -0.334. The van der Waals surface area contributed by atoms with Crippen LogP contribution >= 0.6 is 0 Å². The van der Waals surface area contributed by atoms with Crippen molar-refractivity contribution >= 4 is 5.97 Å². The number of carbonyl (C=O) groups is 1. The summed E-state index contributed by atoms with van der Waals surface area (Å²) >= 11 is 0. The fourth-order valence-corrected chi connectivity index (χ4v) is 2.29. The molecular formula is C12H14O4. The number of aliphatic hydroxyl groups is 1. The Balaban J connectivity index is 2.44. The van der Waals surface area contributed by atoms with E-state index in [0.29, 0.717) is 11.3 Å². The molecule has 0 amide bonds. The van der Waals surface area contributed by atoms with Gasteiger partial charge in [-0.2, -0.15) is 0 Å². The minimum absolute atomic E-state index is 0.253. The Bertz CT molecular complexity index is 407. The second-order valence-corrected chi connectivity index (χ2v) is 4.15. The lowest BCUT2D eigenvalue weighted by Gasteiger charge is -2.42. The maximum Gasteiger partial charge on any atom is 0.314 e. The second kappa shape index (κ2) is 3.79. The Hall–Kier alpha value is -1.55. The highest BCUT2D eigenvalue weighted by atomic mass is 16.5. The zero-order valence-electron chi connectivity index (χ0n) is 9.01. The predicted molar refractivity (Wildman–Crippen MR) is 57.5 cm³/mol. The van der Waals surface area contributed by atoms with Crippen LogP contribution in [0.5, 0.6) is 5.75 Å². The Kier molecular flexibility index (Phi) is 2.59. The molecular weight excluding hydrogens is 208 g/mol. The third kappa shape index (κ3) is 1.46. The van der Waals surface area contributed by atoms with Crippen molar-refractivity contribution in [3.05, 3.63) is 29.8 Å². The number of hydrogen-bond donors (Lipinski definition) is 2. The third-order valence-electron chi connectivity index (χ3n) is 3.20. The largest absolute Gasteiger partial charge is 0.496 e. The van der Waals surface area contributed by atoms with E-state index >= 15 is 0 Å². The van der Waals surface area contributed by atoms with Crippen LogP contribution in [0.4, 0.5) is 0 Å². The average Bonchev–Trinajstić information content (AvgIpc) is 2.24. The summed E-state index contributed by atoms with van der Waals surface area (Å²) in [5.41, 5.74) is -0.332. The number of benzene rings is 1. The summed E-state index contributed by atoms with van der Waals surface area (Å²) in [5, 5.41) is 18.7. The number of para-hydroxylation sites is 1. The first-order valence-electron chi connectivity index (χ1n) is 5.15. The fraction of sp³-hybridized carbons (Fsp3) is 0.417. The van der Waals surface area contributed by atoms with Crippen molar-refractivity contribution in [1.82, 2.24) is 0 Å². The molecule has 0 saturated heterocycles. The van der Waals surface area contributed by atoms with E-state index in [1.807, 2.05) is 0 Å². The quantitative estimate of drug-likeness (QED) is 0.805. The van der Waals surface area contributed by atoms with Gasteiger partial charge in [0.25, 0.3) is 0 Å². The van der Waals surface area contributed by atoms with Crippen LogP contribution in [0.15, 0.2) is 24.3 Å². The van der Waals surface area contributed by atoms with Gasteiger partial charge in [-0.3, -0.25) is 4.79 Å². The van der Waals surface area contributed by atoms with E-state index in [0.717, 1.165) is 0 Å². The Morgan fingerprint density at radius 3 is 2.56 bits per heavy atom. The Labute approximate surface area is 93.5 Å². The van der Waals surface area contributed by atoms with Gasteiger partial charge in [-0.1, -0.05) is 18.2 Å². The molecule has 0 radical (unpaired) electrons. The SMILES string of the molecule is COc1ccccc1C1(C(=O)O)CC(O)C1. The van der Waals surface area contributed by atoms with Gasteiger partial charge in [0, 0.05) is 5.56 Å². The van der Waals surface area contributed by atoms with E-state index in [9.17, 15) is 15.0 Å². The van der Waals surface area contributed by atoms with Gasteiger partial charge in [0.05, 0.1) is 13.2 Å². The van der Waals surface area contributed by atoms with Crippen LogP contribution in [0.1, 0.15) is 18.4 Å². The number of rotatable bonds is 3. The first kappa shape index (κ1) is 11.0. The van der Waals surface area contributed by atoms with Crippen molar-refractivity contribution in [2.75, 3.05) is 7.11 Å². The molecule has 0 heterocycles. The van der Waals surface area contributed by atoms with Crippen LogP contribution in [0.2, 0.25) is 0 Å². The van der Waals surface area contributed by atoms with Gasteiger partial charge in [-0.15, -0.1) is 0 Å². The molecule has 0 atom stereocenters. The number of methoxy groups -OCH3 is 1. The van der Waals surface area contributed by atoms with E-state index in [4.69, 9.17) is 4.74 Å². The Morgan fingerprint density at radius 2 is 2.06 bits per heavy atom. The predicted octanol–water partition coefficient (Wildman–Crippen LogP) is 1.17. The van der Waals surface area contributed by atoms with Gasteiger partial charge in [0.2, 0.25) is 0 Å². The third-order valence-corrected chi connectivity index (χ3v) is 3.20. The molecule has 4 nitrogen and oxygen atoms in total. The second-order valence-electron chi connectivity index (χ2n) is 4.15. The van der Waals surface area contributed by atoms with Gasteiger partial charge >= 0.3 is 5.97 Å². The number of carboxylic acids is 1. The normalized spacial score (nSPS) is 28.2. The minimum Gasteiger partial charge on any atom is -0.496 e. The van der Waals surface area contributed by atoms with Crippen molar-refractivity contribution in [3.8, 4) is 5.75 Å². The number of hydrogen-bond acceptors (Lipinski definition) is 3. The summed E-state index contributed by atoms with van der Waals surface area (Å²) in [7, 11) is 1.52. The van der Waals surface area contributed by atoms with Gasteiger partial charge in [0.15, 0.2) is 0 Å². The molecule has 1 saturated carbocycles. The first-order chi connectivity index (χ1) is 7.60. The smallest absolute Gasteiger partial charge is 0.314 e. The summed E-state index contributed by atoms with van der Waals surface area (Å²) in [4.78, 5) is 11.4. The van der Waals surface area contributed by atoms with E-state index in [1.54, 1.807) is 24.3 Å². The highest BCUT2D eigenvalue weighted by Crippen LogP contribution is 2.47. The average molecular weight is 222 g/mol. The van der Waals surface area contributed by atoms with Crippen LogP contribution < -0.4 is 4.74 Å². The van der Waals surface area contributed by atoms with E-state index in [2.05, 4.69) is 0 Å². The number of aliphatic carboxylic acids is 1. The maximum atomic E-state index is 11.4. The monoisotopic (exact) mass is 222 g/mol. The van der Waals surface area contributed by atoms with Crippen molar-refractivity contribution in [2.24, 2.45) is 0 Å². The molecule has 1 aliphatic carbocycles. The van der Waals surface area contributed by atoms with E-state index < -0.39 is 17.5 Å². The molecule has 2 rings (SSSR count). The fourth-order valence-electron chi connectivity index (χ4n) is 2.29. The standard InChI is InChI=1S/C12H14O4/c1-16-10-5-3-2-4-9(10)12(11(14)15)6-8(13)7-12/h2-5,8,13H,6-7H2,1H3,(H,14,15). The summed E-state index contributed by atoms with van der Waals surface area (Å²) in [6.45, 7) is 0. The molecule has 1 fully saturated rings. The van der Waals surface area contributed by atoms with E-state index in [1.165, 1.54) is 7.11 Å². The lowest BCUT2D eigenvalue weighted by Crippen LogP contribution is -2.50. The summed E-state index contributed by atoms with van der Waals surface area (Å²) in [6, 6.07) is 7.07. The molecule has 0 aromatic heterocycles. The minimum atomic E-state index is -0.980. The summed E-state index contributed by atoms with van der Waals surface area (Å²) in [6.07, 6.45) is -0.0215. The molecule has 2 N–H and O–H groups in total. The van der Waals surface area contributed by atoms with Gasteiger partial charge in [-0.25, -0.2) is 0 Å². The topological polar surface area (TPSA) is 66.8 Å².